The maximum absolute atomic E-state index is 12.4. The summed E-state index contributed by atoms with van der Waals surface area (Å²) in [5.41, 5.74) is 0.784. The molecule has 5 nitrogen and oxygen atoms in total. The summed E-state index contributed by atoms with van der Waals surface area (Å²) < 4.78 is 0. The molecule has 0 atom stereocenters. The van der Waals surface area contributed by atoms with Crippen molar-refractivity contribution in [3.8, 4) is 0 Å². The Morgan fingerprint density at radius 3 is 2.46 bits per heavy atom. The highest BCUT2D eigenvalue weighted by Gasteiger charge is 2.37. The molecular weight excluding hydrogens is 348 g/mol. The third-order valence-electron chi connectivity index (χ3n) is 4.04. The lowest BCUT2D eigenvalue weighted by Gasteiger charge is -2.27. The second-order valence-corrected chi connectivity index (χ2v) is 7.19. The van der Waals surface area contributed by atoms with Crippen LogP contribution >= 0.6 is 23.4 Å². The Hall–Kier alpha value is -1.79. The molecule has 126 valence electrons. The molecular formula is C17H17ClN2O3S. The van der Waals surface area contributed by atoms with Gasteiger partial charge in [-0.3, -0.25) is 19.3 Å². The van der Waals surface area contributed by atoms with E-state index in [1.807, 2.05) is 0 Å². The van der Waals surface area contributed by atoms with Gasteiger partial charge < -0.3 is 4.90 Å². The summed E-state index contributed by atoms with van der Waals surface area (Å²) in [6, 6.07) is 6.99. The van der Waals surface area contributed by atoms with Gasteiger partial charge in [-0.25, -0.2) is 0 Å². The van der Waals surface area contributed by atoms with E-state index in [9.17, 15) is 14.4 Å². The zero-order chi connectivity index (χ0) is 17.1. The highest BCUT2D eigenvalue weighted by atomic mass is 35.5. The van der Waals surface area contributed by atoms with Gasteiger partial charge in [0.15, 0.2) is 0 Å². The van der Waals surface area contributed by atoms with Crippen LogP contribution in [0.5, 0.6) is 0 Å². The third-order valence-corrected chi connectivity index (χ3v) is 5.20. The van der Waals surface area contributed by atoms with Crippen molar-refractivity contribution in [2.75, 3.05) is 19.6 Å². The maximum atomic E-state index is 12.4. The summed E-state index contributed by atoms with van der Waals surface area (Å²) in [7, 11) is 0. The number of hydrogen-bond donors (Lipinski definition) is 0. The molecule has 0 bridgehead atoms. The van der Waals surface area contributed by atoms with Crippen molar-refractivity contribution in [2.24, 2.45) is 0 Å². The number of carbonyl (C=O) groups excluding carboxylic acids is 3. The first-order valence-corrected chi connectivity index (χ1v) is 9.03. The average Bonchev–Trinajstić information content (AvgIpc) is 2.85. The molecule has 0 N–H and O–H groups in total. The molecule has 7 heteroatoms. The summed E-state index contributed by atoms with van der Waals surface area (Å²) in [5.74, 6) is -0.574. The maximum Gasteiger partial charge on any atom is 0.294 e. The second-order valence-electron chi connectivity index (χ2n) is 5.76. The largest absolute Gasteiger partial charge is 0.341 e. The van der Waals surface area contributed by atoms with E-state index in [1.54, 1.807) is 35.2 Å². The van der Waals surface area contributed by atoms with Gasteiger partial charge in [0.05, 0.1) is 4.91 Å². The molecule has 2 fully saturated rings. The van der Waals surface area contributed by atoms with E-state index in [1.165, 1.54) is 0 Å². The SMILES string of the molecule is O=C(CN1C(=O)S/C(=C\c2ccc(Cl)cc2)C1=O)N1CCCCC1. The highest BCUT2D eigenvalue weighted by Crippen LogP contribution is 2.32. The first-order valence-electron chi connectivity index (χ1n) is 7.83. The smallest absolute Gasteiger partial charge is 0.294 e. The normalized spacial score (nSPS) is 20.1. The molecule has 0 radical (unpaired) electrons. The number of amides is 3. The molecule has 0 saturated carbocycles. The van der Waals surface area contributed by atoms with Gasteiger partial charge in [0.2, 0.25) is 5.91 Å². The molecule has 0 unspecified atom stereocenters. The Morgan fingerprint density at radius 1 is 1.12 bits per heavy atom. The molecule has 0 aliphatic carbocycles. The predicted molar refractivity (Wildman–Crippen MR) is 94.6 cm³/mol. The molecule has 0 spiro atoms. The van der Waals surface area contributed by atoms with E-state index in [0.29, 0.717) is 23.0 Å². The van der Waals surface area contributed by atoms with Gasteiger partial charge in [0.1, 0.15) is 6.54 Å². The average molecular weight is 365 g/mol. The summed E-state index contributed by atoms with van der Waals surface area (Å²) >= 11 is 6.70. The molecule has 0 aromatic heterocycles. The third kappa shape index (κ3) is 3.82. The standard InChI is InChI=1S/C17H17ClN2O3S/c18-13-6-4-12(5-7-13)10-14-16(22)20(17(23)24-14)11-15(21)19-8-2-1-3-9-19/h4-7,10H,1-3,8-9,11H2/b14-10-. The van der Waals surface area contributed by atoms with Crippen LogP contribution in [0.15, 0.2) is 29.2 Å². The topological polar surface area (TPSA) is 57.7 Å². The fraction of sp³-hybridized carbons (Fsp3) is 0.353. The van der Waals surface area contributed by atoms with Crippen molar-refractivity contribution < 1.29 is 14.4 Å². The highest BCUT2D eigenvalue weighted by molar-refractivity contribution is 8.18. The van der Waals surface area contributed by atoms with Crippen LogP contribution < -0.4 is 0 Å². The zero-order valence-electron chi connectivity index (χ0n) is 13.0. The predicted octanol–water partition coefficient (Wildman–Crippen LogP) is 3.39. The van der Waals surface area contributed by atoms with Gasteiger partial charge >= 0.3 is 0 Å². The number of nitrogens with zero attached hydrogens (tertiary/aromatic N) is 2. The lowest BCUT2D eigenvalue weighted by atomic mass is 10.1. The minimum absolute atomic E-state index is 0.162. The molecule has 2 heterocycles. The number of rotatable bonds is 3. The quantitative estimate of drug-likeness (QED) is 0.771. The number of likely N-dealkylation sites (tertiary alicyclic amines) is 1. The number of hydrogen-bond acceptors (Lipinski definition) is 4. The van der Waals surface area contributed by atoms with Crippen LogP contribution in [0.25, 0.3) is 6.08 Å². The molecule has 1 aromatic carbocycles. The number of thioether (sulfide) groups is 1. The lowest BCUT2D eigenvalue weighted by Crippen LogP contribution is -2.44. The number of halogens is 1. The van der Waals surface area contributed by atoms with Crippen molar-refractivity contribution in [3.63, 3.8) is 0 Å². The van der Waals surface area contributed by atoms with E-state index in [4.69, 9.17) is 11.6 Å². The molecule has 24 heavy (non-hydrogen) atoms. The summed E-state index contributed by atoms with van der Waals surface area (Å²) in [6.07, 6.45) is 4.72. The van der Waals surface area contributed by atoms with Crippen LogP contribution in [-0.4, -0.2) is 46.5 Å². The number of piperidine rings is 1. The van der Waals surface area contributed by atoms with Crippen LogP contribution in [-0.2, 0) is 9.59 Å². The molecule has 2 saturated heterocycles. The Bertz CT molecular complexity index is 696. The van der Waals surface area contributed by atoms with Gasteiger partial charge in [-0.05, 0) is 54.8 Å². The molecule has 2 aliphatic heterocycles. The van der Waals surface area contributed by atoms with Crippen LogP contribution in [0.3, 0.4) is 0 Å². The Morgan fingerprint density at radius 2 is 1.79 bits per heavy atom. The molecule has 1 aromatic rings. The van der Waals surface area contributed by atoms with Gasteiger partial charge in [-0.15, -0.1) is 0 Å². The Balaban J connectivity index is 1.69. The first-order chi connectivity index (χ1) is 11.5. The molecule has 2 aliphatic rings. The van der Waals surface area contributed by atoms with Crippen molar-refractivity contribution in [2.45, 2.75) is 19.3 Å². The van der Waals surface area contributed by atoms with E-state index in [0.717, 1.165) is 41.5 Å². The fourth-order valence-electron chi connectivity index (χ4n) is 2.73. The van der Waals surface area contributed by atoms with E-state index >= 15 is 0 Å². The van der Waals surface area contributed by atoms with Gasteiger partial charge in [-0.2, -0.15) is 0 Å². The van der Waals surface area contributed by atoms with E-state index in [-0.39, 0.29) is 12.5 Å². The molecule has 3 amide bonds. The number of imide groups is 1. The minimum Gasteiger partial charge on any atom is -0.341 e. The van der Waals surface area contributed by atoms with Crippen LogP contribution in [0.1, 0.15) is 24.8 Å². The van der Waals surface area contributed by atoms with E-state index < -0.39 is 11.1 Å². The summed E-state index contributed by atoms with van der Waals surface area (Å²) in [4.78, 5) is 39.9. The number of benzene rings is 1. The first kappa shape index (κ1) is 17.0. The minimum atomic E-state index is -0.412. The van der Waals surface area contributed by atoms with Crippen molar-refractivity contribution >= 4 is 46.5 Å². The van der Waals surface area contributed by atoms with Gasteiger partial charge in [0, 0.05) is 18.1 Å². The zero-order valence-corrected chi connectivity index (χ0v) is 14.6. The van der Waals surface area contributed by atoms with Crippen LogP contribution in [0.4, 0.5) is 4.79 Å². The van der Waals surface area contributed by atoms with Crippen molar-refractivity contribution in [1.29, 1.82) is 0 Å². The molecule has 3 rings (SSSR count). The Labute approximate surface area is 149 Å². The van der Waals surface area contributed by atoms with E-state index in [2.05, 4.69) is 0 Å². The number of carbonyl (C=O) groups is 3. The van der Waals surface area contributed by atoms with Gasteiger partial charge in [0.25, 0.3) is 11.1 Å². The van der Waals surface area contributed by atoms with Crippen molar-refractivity contribution in [3.05, 3.63) is 39.8 Å². The van der Waals surface area contributed by atoms with Crippen LogP contribution in [0.2, 0.25) is 5.02 Å². The Kier molecular flexibility index (Phi) is 5.26. The monoisotopic (exact) mass is 364 g/mol. The van der Waals surface area contributed by atoms with Crippen molar-refractivity contribution in [1.82, 2.24) is 9.80 Å². The lowest BCUT2D eigenvalue weighted by molar-refractivity contribution is -0.136. The second kappa shape index (κ2) is 7.40. The summed E-state index contributed by atoms with van der Waals surface area (Å²) in [6.45, 7) is 1.23. The van der Waals surface area contributed by atoms with Crippen LogP contribution in [0, 0.1) is 0 Å². The fourth-order valence-corrected chi connectivity index (χ4v) is 3.69. The van der Waals surface area contributed by atoms with Gasteiger partial charge in [-0.1, -0.05) is 23.7 Å². The summed E-state index contributed by atoms with van der Waals surface area (Å²) in [5, 5.41) is 0.206.